The molecule has 0 heterocycles. The molecule has 0 atom stereocenters. The molecular weight excluding hydrogens is 166 g/mol. The first-order chi connectivity index (χ1) is 6.26. The molecular formula is C10H15NO2. The lowest BCUT2D eigenvalue weighted by Crippen LogP contribution is -2.27. The standard InChI is InChI=1S/C10H15NO2/c1-3-5-6-9(4-2)10(13)11-7-8-12/h3-4,6,12H,1-2,5,7-8H2,(H,11,13)/b9-6+. The number of hydrogen-bond acceptors (Lipinski definition) is 2. The Kier molecular flexibility index (Phi) is 6.55. The molecule has 0 aliphatic carbocycles. The largest absolute Gasteiger partial charge is 0.395 e. The first-order valence-electron chi connectivity index (χ1n) is 4.08. The third-order valence-electron chi connectivity index (χ3n) is 1.38. The second-order valence-corrected chi connectivity index (χ2v) is 2.37. The van der Waals surface area contributed by atoms with Crippen LogP contribution in [0.5, 0.6) is 0 Å². The molecule has 0 bridgehead atoms. The van der Waals surface area contributed by atoms with Crippen molar-refractivity contribution in [1.82, 2.24) is 5.32 Å². The fourth-order valence-corrected chi connectivity index (χ4v) is 0.751. The maximum absolute atomic E-state index is 11.2. The van der Waals surface area contributed by atoms with Gasteiger partial charge in [-0.15, -0.1) is 6.58 Å². The van der Waals surface area contributed by atoms with Crippen molar-refractivity contribution in [3.63, 3.8) is 0 Å². The van der Waals surface area contributed by atoms with Crippen molar-refractivity contribution in [1.29, 1.82) is 0 Å². The molecule has 0 rings (SSSR count). The first-order valence-corrected chi connectivity index (χ1v) is 4.08. The van der Waals surface area contributed by atoms with Crippen LogP contribution in [0.25, 0.3) is 0 Å². The highest BCUT2D eigenvalue weighted by molar-refractivity contribution is 5.95. The first kappa shape index (κ1) is 11.6. The van der Waals surface area contributed by atoms with Gasteiger partial charge in [-0.25, -0.2) is 0 Å². The summed E-state index contributed by atoms with van der Waals surface area (Å²) >= 11 is 0. The number of carbonyl (C=O) groups is 1. The van der Waals surface area contributed by atoms with Gasteiger partial charge in [0.1, 0.15) is 0 Å². The summed E-state index contributed by atoms with van der Waals surface area (Å²) < 4.78 is 0. The predicted molar refractivity (Wildman–Crippen MR) is 53.2 cm³/mol. The molecule has 72 valence electrons. The molecule has 0 aromatic rings. The monoisotopic (exact) mass is 181 g/mol. The summed E-state index contributed by atoms with van der Waals surface area (Å²) in [5.74, 6) is -0.217. The van der Waals surface area contributed by atoms with Gasteiger partial charge in [0.15, 0.2) is 0 Å². The number of hydrogen-bond donors (Lipinski definition) is 2. The number of aliphatic hydroxyl groups excluding tert-OH is 1. The Morgan fingerprint density at radius 2 is 2.15 bits per heavy atom. The second-order valence-electron chi connectivity index (χ2n) is 2.37. The van der Waals surface area contributed by atoms with E-state index >= 15 is 0 Å². The maximum Gasteiger partial charge on any atom is 0.251 e. The average Bonchev–Trinajstić information content (AvgIpc) is 2.16. The fraction of sp³-hybridized carbons (Fsp3) is 0.300. The molecule has 0 spiro atoms. The Morgan fingerprint density at radius 3 is 2.62 bits per heavy atom. The minimum atomic E-state index is -0.217. The summed E-state index contributed by atoms with van der Waals surface area (Å²) in [6.07, 6.45) is 5.54. The zero-order chi connectivity index (χ0) is 10.1. The van der Waals surface area contributed by atoms with Crippen molar-refractivity contribution in [2.24, 2.45) is 0 Å². The highest BCUT2D eigenvalue weighted by Gasteiger charge is 2.02. The van der Waals surface area contributed by atoms with Crippen molar-refractivity contribution in [2.75, 3.05) is 13.2 Å². The summed E-state index contributed by atoms with van der Waals surface area (Å²) in [6, 6.07) is 0. The zero-order valence-corrected chi connectivity index (χ0v) is 7.62. The minimum Gasteiger partial charge on any atom is -0.395 e. The van der Waals surface area contributed by atoms with Crippen molar-refractivity contribution < 1.29 is 9.90 Å². The van der Waals surface area contributed by atoms with E-state index in [1.165, 1.54) is 6.08 Å². The molecule has 0 aromatic carbocycles. The highest BCUT2D eigenvalue weighted by Crippen LogP contribution is 1.98. The van der Waals surface area contributed by atoms with Gasteiger partial charge in [-0.05, 0) is 6.42 Å². The predicted octanol–water partition coefficient (Wildman–Crippen LogP) is 0.783. The molecule has 3 nitrogen and oxygen atoms in total. The highest BCUT2D eigenvalue weighted by atomic mass is 16.3. The van der Waals surface area contributed by atoms with E-state index in [-0.39, 0.29) is 19.1 Å². The molecule has 0 aromatic heterocycles. The quantitative estimate of drug-likeness (QED) is 0.361. The van der Waals surface area contributed by atoms with E-state index in [1.807, 2.05) is 0 Å². The Labute approximate surface area is 78.5 Å². The van der Waals surface area contributed by atoms with Crippen LogP contribution in [0.4, 0.5) is 0 Å². The smallest absolute Gasteiger partial charge is 0.251 e. The van der Waals surface area contributed by atoms with Crippen LogP contribution in [0, 0.1) is 0 Å². The minimum absolute atomic E-state index is 0.0579. The molecule has 0 unspecified atom stereocenters. The normalized spacial score (nSPS) is 10.7. The van der Waals surface area contributed by atoms with Crippen LogP contribution >= 0.6 is 0 Å². The third-order valence-corrected chi connectivity index (χ3v) is 1.38. The van der Waals surface area contributed by atoms with Crippen LogP contribution in [-0.4, -0.2) is 24.2 Å². The SMILES string of the molecule is C=CC/C=C(\C=C)C(=O)NCCO. The van der Waals surface area contributed by atoms with Crippen molar-refractivity contribution in [3.05, 3.63) is 37.0 Å². The van der Waals surface area contributed by atoms with Crippen LogP contribution < -0.4 is 5.32 Å². The van der Waals surface area contributed by atoms with Crippen LogP contribution in [0.2, 0.25) is 0 Å². The molecule has 13 heavy (non-hydrogen) atoms. The third kappa shape index (κ3) is 4.98. The van der Waals surface area contributed by atoms with Crippen molar-refractivity contribution in [2.45, 2.75) is 6.42 Å². The van der Waals surface area contributed by atoms with E-state index in [4.69, 9.17) is 5.11 Å². The van der Waals surface area contributed by atoms with Gasteiger partial charge in [-0.3, -0.25) is 4.79 Å². The van der Waals surface area contributed by atoms with Crippen LogP contribution in [-0.2, 0) is 4.79 Å². The lowest BCUT2D eigenvalue weighted by atomic mass is 10.2. The van der Waals surface area contributed by atoms with Gasteiger partial charge < -0.3 is 10.4 Å². The average molecular weight is 181 g/mol. The summed E-state index contributed by atoms with van der Waals surface area (Å²) in [4.78, 5) is 11.2. The van der Waals surface area contributed by atoms with E-state index in [1.54, 1.807) is 12.2 Å². The van der Waals surface area contributed by atoms with Gasteiger partial charge in [-0.2, -0.15) is 0 Å². The van der Waals surface area contributed by atoms with E-state index < -0.39 is 0 Å². The number of nitrogens with one attached hydrogen (secondary N) is 1. The van der Waals surface area contributed by atoms with Crippen molar-refractivity contribution in [3.8, 4) is 0 Å². The van der Waals surface area contributed by atoms with Gasteiger partial charge in [0.25, 0.3) is 5.91 Å². The van der Waals surface area contributed by atoms with Gasteiger partial charge in [0.05, 0.1) is 6.61 Å². The Balaban J connectivity index is 4.14. The Hall–Kier alpha value is -1.35. The van der Waals surface area contributed by atoms with E-state index in [0.717, 1.165) is 0 Å². The molecule has 0 radical (unpaired) electrons. The van der Waals surface area contributed by atoms with Crippen LogP contribution in [0.15, 0.2) is 37.0 Å². The second kappa shape index (κ2) is 7.31. The molecule has 0 aliphatic heterocycles. The summed E-state index contributed by atoms with van der Waals surface area (Å²) in [6.45, 7) is 7.26. The molecule has 0 saturated heterocycles. The number of amides is 1. The Morgan fingerprint density at radius 1 is 1.46 bits per heavy atom. The van der Waals surface area contributed by atoms with Crippen LogP contribution in [0.3, 0.4) is 0 Å². The molecule has 0 saturated carbocycles. The summed E-state index contributed by atoms with van der Waals surface area (Å²) in [7, 11) is 0. The zero-order valence-electron chi connectivity index (χ0n) is 7.62. The molecule has 0 aliphatic rings. The summed E-state index contributed by atoms with van der Waals surface area (Å²) in [5, 5.41) is 11.0. The summed E-state index contributed by atoms with van der Waals surface area (Å²) in [5.41, 5.74) is 0.508. The van der Waals surface area contributed by atoms with Crippen LogP contribution in [0.1, 0.15) is 6.42 Å². The van der Waals surface area contributed by atoms with E-state index in [9.17, 15) is 4.79 Å². The molecule has 0 fully saturated rings. The number of carbonyl (C=O) groups excluding carboxylic acids is 1. The van der Waals surface area contributed by atoms with Crippen molar-refractivity contribution >= 4 is 5.91 Å². The Bertz CT molecular complexity index is 219. The molecule has 3 heteroatoms. The lowest BCUT2D eigenvalue weighted by molar-refractivity contribution is -0.117. The number of allylic oxidation sites excluding steroid dienone is 2. The fourth-order valence-electron chi connectivity index (χ4n) is 0.751. The van der Waals surface area contributed by atoms with E-state index in [0.29, 0.717) is 12.0 Å². The molecule has 2 N–H and O–H groups in total. The van der Waals surface area contributed by atoms with Gasteiger partial charge in [0, 0.05) is 12.1 Å². The molecule has 1 amide bonds. The van der Waals surface area contributed by atoms with Gasteiger partial charge >= 0.3 is 0 Å². The van der Waals surface area contributed by atoms with Gasteiger partial charge in [-0.1, -0.05) is 24.8 Å². The lowest BCUT2D eigenvalue weighted by Gasteiger charge is -2.02. The maximum atomic E-state index is 11.2. The number of rotatable bonds is 6. The topological polar surface area (TPSA) is 49.3 Å². The number of aliphatic hydroxyl groups is 1. The van der Waals surface area contributed by atoms with Gasteiger partial charge in [0.2, 0.25) is 0 Å². The van der Waals surface area contributed by atoms with E-state index in [2.05, 4.69) is 18.5 Å².